The minimum Gasteiger partial charge on any atom is -0.293 e. The van der Waals surface area contributed by atoms with Crippen molar-refractivity contribution in [2.24, 2.45) is 0 Å². The highest BCUT2D eigenvalue weighted by molar-refractivity contribution is 8.01. The fourth-order valence-electron chi connectivity index (χ4n) is 1.25. The van der Waals surface area contributed by atoms with Crippen molar-refractivity contribution < 1.29 is 4.79 Å². The van der Waals surface area contributed by atoms with Gasteiger partial charge in [-0.3, -0.25) is 4.79 Å². The Bertz CT molecular complexity index is 480. The molecule has 0 unspecified atom stereocenters. The van der Waals surface area contributed by atoms with Gasteiger partial charge >= 0.3 is 0 Å². The van der Waals surface area contributed by atoms with Crippen LogP contribution in [0.4, 0.5) is 0 Å². The van der Waals surface area contributed by atoms with Gasteiger partial charge in [0, 0.05) is 5.56 Å². The molecule has 0 amide bonds. The van der Waals surface area contributed by atoms with Crippen molar-refractivity contribution in [3.8, 4) is 0 Å². The second kappa shape index (κ2) is 5.53. The smallest absolute Gasteiger partial charge is 0.174 e. The molecule has 1 aromatic carbocycles. The van der Waals surface area contributed by atoms with Gasteiger partial charge in [0.2, 0.25) is 0 Å². The number of hydrogen-bond acceptors (Lipinski definition) is 3. The lowest BCUT2D eigenvalue weighted by Crippen LogP contribution is -2.02. The number of benzene rings is 1. The van der Waals surface area contributed by atoms with Gasteiger partial charge < -0.3 is 0 Å². The Labute approximate surface area is 107 Å². The van der Waals surface area contributed by atoms with Crippen LogP contribution in [0, 0.1) is 0 Å². The second-order valence-electron chi connectivity index (χ2n) is 3.12. The molecule has 0 fully saturated rings. The van der Waals surface area contributed by atoms with Gasteiger partial charge in [-0.25, -0.2) is 0 Å². The van der Waals surface area contributed by atoms with Gasteiger partial charge in [0.1, 0.15) is 0 Å². The van der Waals surface area contributed by atoms with E-state index in [4.69, 9.17) is 11.6 Å². The van der Waals surface area contributed by atoms with Crippen molar-refractivity contribution in [3.05, 3.63) is 52.4 Å². The zero-order valence-electron chi connectivity index (χ0n) is 8.35. The van der Waals surface area contributed by atoms with Crippen molar-refractivity contribution in [2.75, 3.05) is 5.75 Å². The molecule has 0 radical (unpaired) electrons. The number of hydrogen-bond donors (Lipinski definition) is 0. The van der Waals surface area contributed by atoms with Gasteiger partial charge in [-0.05, 0) is 23.6 Å². The monoisotopic (exact) mass is 268 g/mol. The first-order valence-electron chi connectivity index (χ1n) is 4.71. The fraction of sp³-hybridized carbons (Fsp3) is 0.0833. The molecule has 0 aliphatic rings. The molecule has 1 aromatic heterocycles. The van der Waals surface area contributed by atoms with Gasteiger partial charge in [-0.15, -0.1) is 23.1 Å². The van der Waals surface area contributed by atoms with E-state index in [-0.39, 0.29) is 5.78 Å². The van der Waals surface area contributed by atoms with Crippen LogP contribution in [0.3, 0.4) is 0 Å². The van der Waals surface area contributed by atoms with E-state index in [1.807, 2.05) is 29.6 Å². The maximum Gasteiger partial charge on any atom is 0.174 e. The average molecular weight is 269 g/mol. The molecule has 2 rings (SSSR count). The number of rotatable bonds is 4. The lowest BCUT2D eigenvalue weighted by molar-refractivity contribution is 0.102. The number of thiophene rings is 1. The Kier molecular flexibility index (Phi) is 4.04. The topological polar surface area (TPSA) is 17.1 Å². The van der Waals surface area contributed by atoms with Gasteiger partial charge in [0.25, 0.3) is 0 Å². The minimum absolute atomic E-state index is 0.0731. The van der Waals surface area contributed by atoms with Crippen LogP contribution < -0.4 is 0 Å². The van der Waals surface area contributed by atoms with E-state index in [2.05, 4.69) is 0 Å². The molecule has 0 N–H and O–H groups in total. The van der Waals surface area contributed by atoms with E-state index in [1.165, 1.54) is 0 Å². The molecule has 2 aromatic rings. The zero-order valence-corrected chi connectivity index (χ0v) is 10.7. The summed E-state index contributed by atoms with van der Waals surface area (Å²) in [6.07, 6.45) is 0. The van der Waals surface area contributed by atoms with Crippen molar-refractivity contribution in [3.63, 3.8) is 0 Å². The van der Waals surface area contributed by atoms with Gasteiger partial charge in [0.15, 0.2) is 5.78 Å². The standard InChI is InChI=1S/C12H9ClOS2/c13-10-5-2-1-4-9(10)11(14)8-16-12-6-3-7-15-12/h1-7H,8H2. The molecule has 82 valence electrons. The first-order chi connectivity index (χ1) is 7.77. The fourth-order valence-corrected chi connectivity index (χ4v) is 3.16. The maximum absolute atomic E-state index is 11.9. The third-order valence-corrected chi connectivity index (χ3v) is 4.48. The minimum atomic E-state index is 0.0731. The predicted octanol–water partition coefficient (Wildman–Crippen LogP) is 4.38. The highest BCUT2D eigenvalue weighted by Gasteiger charge is 2.10. The highest BCUT2D eigenvalue weighted by Crippen LogP contribution is 2.25. The number of thioether (sulfide) groups is 1. The molecule has 4 heteroatoms. The Balaban J connectivity index is 2.01. The van der Waals surface area contributed by atoms with Crippen LogP contribution in [0.1, 0.15) is 10.4 Å². The molecule has 16 heavy (non-hydrogen) atoms. The lowest BCUT2D eigenvalue weighted by atomic mass is 10.1. The Morgan fingerprint density at radius 1 is 1.25 bits per heavy atom. The summed E-state index contributed by atoms with van der Waals surface area (Å²) in [5.41, 5.74) is 0.605. The van der Waals surface area contributed by atoms with Crippen molar-refractivity contribution in [1.82, 2.24) is 0 Å². The third-order valence-electron chi connectivity index (χ3n) is 2.01. The van der Waals surface area contributed by atoms with E-state index in [1.54, 1.807) is 35.2 Å². The van der Waals surface area contributed by atoms with Crippen LogP contribution in [0.25, 0.3) is 0 Å². The summed E-state index contributed by atoms with van der Waals surface area (Å²) in [7, 11) is 0. The summed E-state index contributed by atoms with van der Waals surface area (Å²) in [5.74, 6) is 0.508. The SMILES string of the molecule is O=C(CSc1cccs1)c1ccccc1Cl. The molecule has 0 atom stereocenters. The Hall–Kier alpha value is -0.770. The molecule has 0 aliphatic heterocycles. The highest BCUT2D eigenvalue weighted by atomic mass is 35.5. The molecule has 0 spiro atoms. The quantitative estimate of drug-likeness (QED) is 0.605. The van der Waals surface area contributed by atoms with E-state index in [0.717, 1.165) is 4.21 Å². The van der Waals surface area contributed by atoms with Crippen molar-refractivity contribution >= 4 is 40.5 Å². The van der Waals surface area contributed by atoms with Gasteiger partial charge in [-0.1, -0.05) is 29.8 Å². The zero-order chi connectivity index (χ0) is 11.4. The van der Waals surface area contributed by atoms with Crippen LogP contribution in [-0.2, 0) is 0 Å². The van der Waals surface area contributed by atoms with Crippen LogP contribution in [0.2, 0.25) is 5.02 Å². The Morgan fingerprint density at radius 2 is 2.06 bits per heavy atom. The van der Waals surface area contributed by atoms with Crippen LogP contribution in [-0.4, -0.2) is 11.5 Å². The summed E-state index contributed by atoms with van der Waals surface area (Å²) < 4.78 is 1.15. The van der Waals surface area contributed by atoms with E-state index in [0.29, 0.717) is 16.3 Å². The second-order valence-corrected chi connectivity index (χ2v) is 5.75. The van der Waals surface area contributed by atoms with Crippen LogP contribution in [0.15, 0.2) is 46.0 Å². The third kappa shape index (κ3) is 2.88. The first-order valence-corrected chi connectivity index (χ1v) is 6.96. The summed E-state index contributed by atoms with van der Waals surface area (Å²) in [4.78, 5) is 11.9. The molecular weight excluding hydrogens is 260 g/mol. The lowest BCUT2D eigenvalue weighted by Gasteiger charge is -2.01. The molecule has 0 saturated heterocycles. The predicted molar refractivity (Wildman–Crippen MR) is 70.8 cm³/mol. The molecule has 0 bridgehead atoms. The number of carbonyl (C=O) groups is 1. The average Bonchev–Trinajstić information content (AvgIpc) is 2.79. The van der Waals surface area contributed by atoms with Crippen LogP contribution in [0.5, 0.6) is 0 Å². The number of carbonyl (C=O) groups excluding carboxylic acids is 1. The largest absolute Gasteiger partial charge is 0.293 e. The molecule has 1 heterocycles. The molecule has 0 saturated carbocycles. The number of ketones is 1. The van der Waals surface area contributed by atoms with E-state index >= 15 is 0 Å². The van der Waals surface area contributed by atoms with E-state index < -0.39 is 0 Å². The van der Waals surface area contributed by atoms with Crippen LogP contribution >= 0.6 is 34.7 Å². The summed E-state index contributed by atoms with van der Waals surface area (Å²) in [5, 5.41) is 2.53. The Morgan fingerprint density at radius 3 is 2.75 bits per heavy atom. The summed E-state index contributed by atoms with van der Waals surface area (Å²) in [6.45, 7) is 0. The molecule has 1 nitrogen and oxygen atoms in total. The molecular formula is C12H9ClOS2. The van der Waals surface area contributed by atoms with Crippen molar-refractivity contribution in [2.45, 2.75) is 4.21 Å². The summed E-state index contributed by atoms with van der Waals surface area (Å²) >= 11 is 9.14. The maximum atomic E-state index is 11.9. The van der Waals surface area contributed by atoms with E-state index in [9.17, 15) is 4.79 Å². The van der Waals surface area contributed by atoms with Gasteiger partial charge in [-0.2, -0.15) is 0 Å². The summed E-state index contributed by atoms with van der Waals surface area (Å²) in [6, 6.07) is 11.1. The molecule has 0 aliphatic carbocycles. The first kappa shape index (κ1) is 11.7. The van der Waals surface area contributed by atoms with Crippen molar-refractivity contribution in [1.29, 1.82) is 0 Å². The normalized spacial score (nSPS) is 10.3. The van der Waals surface area contributed by atoms with Gasteiger partial charge in [0.05, 0.1) is 15.0 Å². The number of halogens is 1. The number of Topliss-reactive ketones (excluding diaryl/α,β-unsaturated/α-hetero) is 1.